The first kappa shape index (κ1) is 22.0. The number of hydrogen-bond acceptors (Lipinski definition) is 5. The summed E-state index contributed by atoms with van der Waals surface area (Å²) in [6, 6.07) is 5.92. The molecule has 1 amide bonds. The number of amides is 1. The minimum Gasteiger partial charge on any atom is -0.423 e. The molecule has 2 aromatic rings. The van der Waals surface area contributed by atoms with Crippen LogP contribution in [0.3, 0.4) is 0 Å². The third-order valence-corrected chi connectivity index (χ3v) is 6.47. The van der Waals surface area contributed by atoms with E-state index in [1.807, 2.05) is 13.8 Å². The average molecular weight is 427 g/mol. The number of hydrogen-bond donors (Lipinski definition) is 1. The molecule has 0 atom stereocenters. The van der Waals surface area contributed by atoms with Gasteiger partial charge >= 0.3 is 5.63 Å². The number of fused-ring (bicyclic) bond motifs is 2. The van der Waals surface area contributed by atoms with Crippen LogP contribution in [-0.4, -0.2) is 43.2 Å². The lowest BCUT2D eigenvalue weighted by molar-refractivity contribution is -0.126. The zero-order valence-electron chi connectivity index (χ0n) is 18.7. The summed E-state index contributed by atoms with van der Waals surface area (Å²) >= 11 is 0. The highest BCUT2D eigenvalue weighted by Gasteiger charge is 2.25. The van der Waals surface area contributed by atoms with Crippen LogP contribution >= 0.6 is 0 Å². The van der Waals surface area contributed by atoms with E-state index in [0.717, 1.165) is 62.7 Å². The minimum absolute atomic E-state index is 0.0723. The molecule has 0 unspecified atom stereocenters. The number of aryl methyl sites for hydroxylation is 2. The van der Waals surface area contributed by atoms with Gasteiger partial charge in [-0.25, -0.2) is 4.79 Å². The topological polar surface area (TPSA) is 71.8 Å². The largest absolute Gasteiger partial charge is 0.423 e. The smallest absolute Gasteiger partial charge is 0.336 e. The SMILES string of the molecule is CC(C)OCCCNC(=O)C1CCN(Cc2cc(=O)oc3cc4c(cc23)CCC4)CC1. The summed E-state index contributed by atoms with van der Waals surface area (Å²) < 4.78 is 11.0. The molecule has 1 aromatic heterocycles. The average Bonchev–Trinajstić information content (AvgIpc) is 3.19. The number of nitrogens with zero attached hydrogens (tertiary/aromatic N) is 1. The summed E-state index contributed by atoms with van der Waals surface area (Å²) in [5.74, 6) is 0.230. The van der Waals surface area contributed by atoms with Crippen LogP contribution in [0.2, 0.25) is 0 Å². The van der Waals surface area contributed by atoms with E-state index >= 15 is 0 Å². The monoisotopic (exact) mass is 426 g/mol. The van der Waals surface area contributed by atoms with Gasteiger partial charge < -0.3 is 14.5 Å². The number of piperidine rings is 1. The van der Waals surface area contributed by atoms with Gasteiger partial charge in [0.1, 0.15) is 5.58 Å². The van der Waals surface area contributed by atoms with E-state index in [-0.39, 0.29) is 23.6 Å². The minimum atomic E-state index is -0.281. The number of ether oxygens (including phenoxy) is 1. The highest BCUT2D eigenvalue weighted by molar-refractivity contribution is 5.82. The molecule has 0 spiro atoms. The summed E-state index contributed by atoms with van der Waals surface area (Å²) in [4.78, 5) is 26.9. The Hall–Kier alpha value is -2.18. The summed E-state index contributed by atoms with van der Waals surface area (Å²) in [6.07, 6.45) is 6.12. The van der Waals surface area contributed by atoms with Gasteiger partial charge in [-0.3, -0.25) is 9.69 Å². The van der Waals surface area contributed by atoms with E-state index in [0.29, 0.717) is 18.7 Å². The molecule has 0 bridgehead atoms. The van der Waals surface area contributed by atoms with Crippen molar-refractivity contribution < 1.29 is 13.9 Å². The number of carbonyl (C=O) groups excluding carboxylic acids is 1. The van der Waals surface area contributed by atoms with E-state index in [1.165, 1.54) is 17.5 Å². The zero-order chi connectivity index (χ0) is 21.8. The molecule has 31 heavy (non-hydrogen) atoms. The molecular weight excluding hydrogens is 392 g/mol. The molecule has 6 nitrogen and oxygen atoms in total. The maximum Gasteiger partial charge on any atom is 0.336 e. The molecule has 0 saturated carbocycles. The summed E-state index contributed by atoms with van der Waals surface area (Å²) in [5, 5.41) is 4.11. The molecule has 1 aliphatic heterocycles. The molecule has 1 saturated heterocycles. The summed E-state index contributed by atoms with van der Waals surface area (Å²) in [5.41, 5.74) is 4.16. The van der Waals surface area contributed by atoms with Crippen LogP contribution in [0.5, 0.6) is 0 Å². The second-order valence-electron chi connectivity index (χ2n) is 9.18. The van der Waals surface area contributed by atoms with E-state index in [1.54, 1.807) is 6.07 Å². The van der Waals surface area contributed by atoms with Crippen molar-refractivity contribution in [3.05, 3.63) is 45.3 Å². The van der Waals surface area contributed by atoms with Crippen molar-refractivity contribution >= 4 is 16.9 Å². The van der Waals surface area contributed by atoms with E-state index in [9.17, 15) is 9.59 Å². The summed E-state index contributed by atoms with van der Waals surface area (Å²) in [7, 11) is 0. The Labute approximate surface area is 183 Å². The van der Waals surface area contributed by atoms with Gasteiger partial charge in [0, 0.05) is 37.1 Å². The molecule has 1 aromatic carbocycles. The lowest BCUT2D eigenvalue weighted by Crippen LogP contribution is -2.40. The lowest BCUT2D eigenvalue weighted by Gasteiger charge is -2.31. The molecule has 0 radical (unpaired) electrons. The maximum atomic E-state index is 12.5. The van der Waals surface area contributed by atoms with Gasteiger partial charge in [0.15, 0.2) is 0 Å². The molecule has 4 rings (SSSR count). The fraction of sp³-hybridized carbons (Fsp3) is 0.600. The van der Waals surface area contributed by atoms with Crippen molar-refractivity contribution in [1.82, 2.24) is 10.2 Å². The fourth-order valence-corrected chi connectivity index (χ4v) is 4.77. The van der Waals surface area contributed by atoms with Gasteiger partial charge in [0.05, 0.1) is 6.10 Å². The van der Waals surface area contributed by atoms with Crippen molar-refractivity contribution in [2.75, 3.05) is 26.2 Å². The molecule has 2 aliphatic rings. The quantitative estimate of drug-likeness (QED) is 0.517. The molecule has 1 fully saturated rings. The van der Waals surface area contributed by atoms with E-state index in [4.69, 9.17) is 9.15 Å². The predicted octanol–water partition coefficient (Wildman–Crippen LogP) is 3.43. The van der Waals surface area contributed by atoms with Crippen molar-refractivity contribution in [1.29, 1.82) is 0 Å². The van der Waals surface area contributed by atoms with Crippen molar-refractivity contribution in [3.8, 4) is 0 Å². The summed E-state index contributed by atoms with van der Waals surface area (Å²) in [6.45, 7) is 7.83. The van der Waals surface area contributed by atoms with Crippen molar-refractivity contribution in [2.24, 2.45) is 5.92 Å². The Morgan fingerprint density at radius 3 is 2.68 bits per heavy atom. The number of rotatable bonds is 8. The van der Waals surface area contributed by atoms with Gasteiger partial charge in [-0.2, -0.15) is 0 Å². The third-order valence-electron chi connectivity index (χ3n) is 6.47. The Morgan fingerprint density at radius 1 is 1.19 bits per heavy atom. The van der Waals surface area contributed by atoms with Crippen molar-refractivity contribution in [3.63, 3.8) is 0 Å². The molecule has 168 valence electrons. The molecule has 6 heteroatoms. The van der Waals surface area contributed by atoms with E-state index < -0.39 is 0 Å². The highest BCUT2D eigenvalue weighted by atomic mass is 16.5. The lowest BCUT2D eigenvalue weighted by atomic mass is 9.95. The van der Waals surface area contributed by atoms with Gasteiger partial charge in [-0.05, 0) is 94.3 Å². The third kappa shape index (κ3) is 5.55. The van der Waals surface area contributed by atoms with Gasteiger partial charge in [-0.15, -0.1) is 0 Å². The predicted molar refractivity (Wildman–Crippen MR) is 121 cm³/mol. The molecular formula is C25H34N2O4. The Balaban J connectivity index is 1.31. The Kier molecular flexibility index (Phi) is 7.08. The number of nitrogens with one attached hydrogen (secondary N) is 1. The Morgan fingerprint density at radius 2 is 1.94 bits per heavy atom. The van der Waals surface area contributed by atoms with Gasteiger partial charge in [-0.1, -0.05) is 0 Å². The van der Waals surface area contributed by atoms with Crippen molar-refractivity contribution in [2.45, 2.75) is 65.0 Å². The normalized spacial score (nSPS) is 17.4. The first-order chi connectivity index (χ1) is 15.0. The van der Waals surface area contributed by atoms with Crippen LogP contribution < -0.4 is 10.9 Å². The molecule has 1 aliphatic carbocycles. The molecule has 2 heterocycles. The number of likely N-dealkylation sites (tertiary alicyclic amines) is 1. The number of carbonyl (C=O) groups is 1. The van der Waals surface area contributed by atoms with E-state index in [2.05, 4.69) is 22.3 Å². The molecule has 1 N–H and O–H groups in total. The highest BCUT2D eigenvalue weighted by Crippen LogP contribution is 2.29. The Bertz CT molecular complexity index is 973. The number of benzene rings is 1. The van der Waals surface area contributed by atoms with Gasteiger partial charge in [0.2, 0.25) is 5.91 Å². The van der Waals surface area contributed by atoms with Gasteiger partial charge in [0.25, 0.3) is 0 Å². The fourth-order valence-electron chi connectivity index (χ4n) is 4.77. The first-order valence-electron chi connectivity index (χ1n) is 11.7. The van der Waals surface area contributed by atoms with Crippen LogP contribution in [0.25, 0.3) is 11.0 Å². The first-order valence-corrected chi connectivity index (χ1v) is 11.7. The second kappa shape index (κ2) is 9.96. The second-order valence-corrected chi connectivity index (χ2v) is 9.18. The van der Waals surface area contributed by atoms with Crippen LogP contribution in [0.15, 0.2) is 27.4 Å². The standard InChI is InChI=1S/C25H34N2O4/c1-17(2)30-12-4-9-26-25(29)18-7-10-27(11-8-18)16-21-15-24(28)31-23-14-20-6-3-5-19(20)13-22(21)23/h13-15,17-18H,3-12,16H2,1-2H3,(H,26,29). The van der Waals surface area contributed by atoms with Crippen LogP contribution in [0.1, 0.15) is 56.2 Å². The maximum absolute atomic E-state index is 12.5. The van der Waals surface area contributed by atoms with Crippen LogP contribution in [0.4, 0.5) is 0 Å². The zero-order valence-corrected chi connectivity index (χ0v) is 18.7. The van der Waals surface area contributed by atoms with Crippen LogP contribution in [0, 0.1) is 5.92 Å². The van der Waals surface area contributed by atoms with Crippen LogP contribution in [-0.2, 0) is 28.9 Å².